The smallest absolute Gasteiger partial charge is 0.200 e. The minimum atomic E-state index is 0.0144. The molecule has 0 spiro atoms. The van der Waals surface area contributed by atoms with Crippen LogP contribution in [-0.4, -0.2) is 28.2 Å². The van der Waals surface area contributed by atoms with Crippen LogP contribution in [0.5, 0.6) is 0 Å². The molecule has 0 saturated carbocycles. The fourth-order valence-corrected chi connectivity index (χ4v) is 4.01. The van der Waals surface area contributed by atoms with E-state index in [4.69, 9.17) is 18.0 Å². The zero-order valence-electron chi connectivity index (χ0n) is 13.8. The molecular formula is C19H28ClIN+. The lowest BCUT2D eigenvalue weighted by atomic mass is 10.1. The normalized spacial score (nSPS) is 14.3. The van der Waals surface area contributed by atoms with Crippen LogP contribution in [0, 0.1) is 12.3 Å². The first kappa shape index (κ1) is 19.8. The largest absolute Gasteiger partial charge is 0.301 e. The first-order valence-corrected chi connectivity index (χ1v) is 9.92. The molecule has 0 fully saturated rings. The van der Waals surface area contributed by atoms with E-state index in [0.717, 1.165) is 24.1 Å². The number of benzene rings is 1. The van der Waals surface area contributed by atoms with Gasteiger partial charge in [-0.2, -0.15) is 0 Å². The lowest BCUT2D eigenvalue weighted by Gasteiger charge is -2.42. The first-order chi connectivity index (χ1) is 10.6. The van der Waals surface area contributed by atoms with Crippen LogP contribution in [-0.2, 0) is 0 Å². The van der Waals surface area contributed by atoms with Crippen molar-refractivity contribution >= 4 is 34.2 Å². The van der Waals surface area contributed by atoms with Crippen molar-refractivity contribution in [3.8, 4) is 12.3 Å². The summed E-state index contributed by atoms with van der Waals surface area (Å²) in [6.45, 7) is 7.61. The van der Waals surface area contributed by atoms with Gasteiger partial charge in [0.25, 0.3) is 0 Å². The Labute approximate surface area is 155 Å². The summed E-state index contributed by atoms with van der Waals surface area (Å²) in [6.07, 6.45) is 10.6. The first-order valence-electron chi connectivity index (χ1n) is 8.24. The molecule has 0 heterocycles. The van der Waals surface area contributed by atoms with Crippen LogP contribution in [0.25, 0.3) is 0 Å². The maximum atomic E-state index is 6.76. The van der Waals surface area contributed by atoms with Crippen molar-refractivity contribution < 1.29 is 4.48 Å². The molecule has 0 aromatic heterocycles. The molecule has 1 aromatic carbocycles. The van der Waals surface area contributed by atoms with E-state index in [1.54, 1.807) is 0 Å². The molecule has 0 amide bonds. The van der Waals surface area contributed by atoms with Gasteiger partial charge in [0.15, 0.2) is 0 Å². The Hall–Kier alpha value is -0.240. The molecule has 1 nitrogen and oxygen atoms in total. The van der Waals surface area contributed by atoms with Gasteiger partial charge in [0, 0.05) is 22.6 Å². The standard InChI is InChI=1S/C19H28ClIN/c1-4-7-14-22(15-8-5-2,19(21)6-3)16-18(20)17-12-10-9-11-13-17/h3,9-13,18-19H,4-5,7-8,14-16H2,1-2H3/q+1. The molecule has 0 aliphatic heterocycles. The number of quaternary nitrogens is 1. The number of halogens is 2. The number of rotatable bonds is 10. The van der Waals surface area contributed by atoms with E-state index in [0.29, 0.717) is 0 Å². The van der Waals surface area contributed by atoms with Gasteiger partial charge in [-0.3, -0.25) is 0 Å². The number of alkyl halides is 2. The van der Waals surface area contributed by atoms with Gasteiger partial charge in [0.05, 0.1) is 13.1 Å². The number of terminal acetylenes is 1. The lowest BCUT2D eigenvalue weighted by molar-refractivity contribution is -0.927. The molecule has 2 atom stereocenters. The third-order valence-electron chi connectivity index (χ3n) is 4.22. The summed E-state index contributed by atoms with van der Waals surface area (Å²) in [4.78, 5) is 0. The maximum Gasteiger partial charge on any atom is 0.200 e. The molecule has 22 heavy (non-hydrogen) atoms. The van der Waals surface area contributed by atoms with Gasteiger partial charge in [0.2, 0.25) is 4.05 Å². The van der Waals surface area contributed by atoms with Gasteiger partial charge in [-0.25, -0.2) is 0 Å². The zero-order valence-corrected chi connectivity index (χ0v) is 16.7. The van der Waals surface area contributed by atoms with E-state index in [1.807, 2.05) is 6.07 Å². The van der Waals surface area contributed by atoms with Crippen molar-refractivity contribution in [1.29, 1.82) is 0 Å². The van der Waals surface area contributed by atoms with E-state index in [9.17, 15) is 0 Å². The Morgan fingerprint density at radius 2 is 1.68 bits per heavy atom. The SMILES string of the molecule is C#CC(I)[N+](CCCC)(CCCC)CC(Cl)c1ccccc1. The third kappa shape index (κ3) is 5.76. The molecule has 0 aliphatic carbocycles. The Morgan fingerprint density at radius 1 is 1.14 bits per heavy atom. The summed E-state index contributed by atoms with van der Waals surface area (Å²) in [7, 11) is 0. The molecule has 1 rings (SSSR count). The summed E-state index contributed by atoms with van der Waals surface area (Å²) >= 11 is 9.19. The second-order valence-electron chi connectivity index (χ2n) is 5.94. The second-order valence-corrected chi connectivity index (χ2v) is 7.64. The van der Waals surface area contributed by atoms with E-state index >= 15 is 0 Å². The fraction of sp³-hybridized carbons (Fsp3) is 0.579. The Kier molecular flexibility index (Phi) is 9.47. The summed E-state index contributed by atoms with van der Waals surface area (Å²) in [5.41, 5.74) is 1.19. The van der Waals surface area contributed by atoms with Gasteiger partial charge < -0.3 is 4.48 Å². The summed E-state index contributed by atoms with van der Waals surface area (Å²) < 4.78 is 1.11. The molecule has 1 aromatic rings. The molecule has 122 valence electrons. The van der Waals surface area contributed by atoms with E-state index < -0.39 is 0 Å². The minimum Gasteiger partial charge on any atom is -0.301 e. The molecule has 0 radical (unpaired) electrons. The third-order valence-corrected chi connectivity index (χ3v) is 6.15. The van der Waals surface area contributed by atoms with Crippen molar-refractivity contribution in [3.63, 3.8) is 0 Å². The van der Waals surface area contributed by atoms with Gasteiger partial charge in [0.1, 0.15) is 11.9 Å². The van der Waals surface area contributed by atoms with Crippen molar-refractivity contribution in [2.75, 3.05) is 19.6 Å². The van der Waals surface area contributed by atoms with E-state index in [-0.39, 0.29) is 9.43 Å². The Balaban J connectivity index is 2.98. The average molecular weight is 433 g/mol. The molecule has 0 bridgehead atoms. The van der Waals surface area contributed by atoms with Gasteiger partial charge in [-0.05, 0) is 24.3 Å². The highest BCUT2D eigenvalue weighted by Crippen LogP contribution is 2.30. The number of hydrogen-bond donors (Lipinski definition) is 0. The van der Waals surface area contributed by atoms with Crippen molar-refractivity contribution in [1.82, 2.24) is 0 Å². The van der Waals surface area contributed by atoms with E-state index in [1.165, 1.54) is 31.2 Å². The molecule has 0 saturated heterocycles. The molecule has 3 heteroatoms. The second kappa shape index (κ2) is 10.5. The molecule has 2 unspecified atom stereocenters. The highest BCUT2D eigenvalue weighted by Gasteiger charge is 2.35. The fourth-order valence-electron chi connectivity index (χ4n) is 2.80. The zero-order chi connectivity index (χ0) is 16.4. The quantitative estimate of drug-likeness (QED) is 0.145. The van der Waals surface area contributed by atoms with Crippen LogP contribution in [0.15, 0.2) is 30.3 Å². The molecular weight excluding hydrogens is 405 g/mol. The van der Waals surface area contributed by atoms with Crippen molar-refractivity contribution in [2.45, 2.75) is 49.0 Å². The van der Waals surface area contributed by atoms with E-state index in [2.05, 4.69) is 66.6 Å². The average Bonchev–Trinajstić information content (AvgIpc) is 2.57. The predicted molar refractivity (Wildman–Crippen MR) is 106 cm³/mol. The Morgan fingerprint density at radius 3 is 2.14 bits per heavy atom. The maximum absolute atomic E-state index is 6.76. The highest BCUT2D eigenvalue weighted by atomic mass is 127. The number of hydrogen-bond acceptors (Lipinski definition) is 0. The van der Waals surface area contributed by atoms with Crippen LogP contribution in [0.2, 0.25) is 0 Å². The molecule has 0 N–H and O–H groups in total. The number of nitrogens with zero attached hydrogens (tertiary/aromatic N) is 1. The van der Waals surface area contributed by atoms with Gasteiger partial charge >= 0.3 is 0 Å². The van der Waals surface area contributed by atoms with Crippen LogP contribution >= 0.6 is 34.2 Å². The van der Waals surface area contributed by atoms with Crippen LogP contribution < -0.4 is 0 Å². The number of unbranched alkanes of at least 4 members (excludes halogenated alkanes) is 2. The highest BCUT2D eigenvalue weighted by molar-refractivity contribution is 14.1. The lowest BCUT2D eigenvalue weighted by Crippen LogP contribution is -2.55. The Bertz CT molecular complexity index is 446. The van der Waals surface area contributed by atoms with Gasteiger partial charge in [-0.1, -0.05) is 57.0 Å². The van der Waals surface area contributed by atoms with Crippen LogP contribution in [0.4, 0.5) is 0 Å². The van der Waals surface area contributed by atoms with Crippen molar-refractivity contribution in [2.24, 2.45) is 0 Å². The monoisotopic (exact) mass is 432 g/mol. The van der Waals surface area contributed by atoms with Crippen LogP contribution in [0.3, 0.4) is 0 Å². The molecule has 0 aliphatic rings. The predicted octanol–water partition coefficient (Wildman–Crippen LogP) is 5.78. The topological polar surface area (TPSA) is 0 Å². The minimum absolute atomic E-state index is 0.0144. The summed E-state index contributed by atoms with van der Waals surface area (Å²) in [6, 6.07) is 10.4. The summed E-state index contributed by atoms with van der Waals surface area (Å²) in [5, 5.41) is 0.0144. The van der Waals surface area contributed by atoms with Gasteiger partial charge in [-0.15, -0.1) is 18.0 Å². The van der Waals surface area contributed by atoms with Crippen molar-refractivity contribution in [3.05, 3.63) is 35.9 Å². The van der Waals surface area contributed by atoms with Crippen LogP contribution in [0.1, 0.15) is 50.5 Å². The summed E-state index contributed by atoms with van der Waals surface area (Å²) in [5.74, 6) is 2.98.